The van der Waals surface area contributed by atoms with E-state index in [1.165, 1.54) is 12.8 Å². The number of hydrogen-bond donors (Lipinski definition) is 2. The van der Waals surface area contributed by atoms with Gasteiger partial charge in [-0.3, -0.25) is 0 Å². The molecule has 4 nitrogen and oxygen atoms in total. The molecule has 0 aromatic carbocycles. The van der Waals surface area contributed by atoms with Crippen LogP contribution in [0.2, 0.25) is 0 Å². The van der Waals surface area contributed by atoms with E-state index >= 15 is 0 Å². The lowest BCUT2D eigenvalue weighted by molar-refractivity contribution is 0.375. The second-order valence-corrected chi connectivity index (χ2v) is 6.20. The second kappa shape index (κ2) is 5.85. The van der Waals surface area contributed by atoms with Crippen molar-refractivity contribution in [3.05, 3.63) is 17.5 Å². The molecule has 1 fully saturated rings. The second-order valence-electron chi connectivity index (χ2n) is 6.20. The third-order valence-electron chi connectivity index (χ3n) is 3.05. The molecule has 1 saturated carbocycles. The van der Waals surface area contributed by atoms with Crippen molar-refractivity contribution in [2.45, 2.75) is 58.0 Å². The van der Waals surface area contributed by atoms with Crippen molar-refractivity contribution in [3.63, 3.8) is 0 Å². The molecule has 0 amide bonds. The quantitative estimate of drug-likeness (QED) is 0.731. The topological polar surface area (TPSA) is 50.1 Å². The van der Waals surface area contributed by atoms with E-state index in [4.69, 9.17) is 4.52 Å². The third kappa shape index (κ3) is 4.78. The zero-order valence-electron chi connectivity index (χ0n) is 11.8. The summed E-state index contributed by atoms with van der Waals surface area (Å²) in [7, 11) is 0. The first kappa shape index (κ1) is 13.6. The van der Waals surface area contributed by atoms with E-state index in [-0.39, 0.29) is 5.54 Å². The van der Waals surface area contributed by atoms with Crippen LogP contribution >= 0.6 is 0 Å². The van der Waals surface area contributed by atoms with Gasteiger partial charge in [0, 0.05) is 24.1 Å². The summed E-state index contributed by atoms with van der Waals surface area (Å²) in [5.74, 6) is 1.73. The maximum atomic E-state index is 5.31. The van der Waals surface area contributed by atoms with Gasteiger partial charge in [0.15, 0.2) is 0 Å². The number of aromatic nitrogens is 1. The van der Waals surface area contributed by atoms with Gasteiger partial charge in [0.05, 0.1) is 5.69 Å². The Hall–Kier alpha value is -0.870. The number of nitrogens with zero attached hydrogens (tertiary/aromatic N) is 1. The van der Waals surface area contributed by atoms with Crippen LogP contribution in [0.15, 0.2) is 10.6 Å². The average Bonchev–Trinajstić information content (AvgIpc) is 3.03. The van der Waals surface area contributed by atoms with Crippen molar-refractivity contribution in [1.29, 1.82) is 0 Å². The monoisotopic (exact) mass is 251 g/mol. The maximum absolute atomic E-state index is 5.31. The molecule has 18 heavy (non-hydrogen) atoms. The molecule has 2 N–H and O–H groups in total. The molecule has 0 atom stereocenters. The Morgan fingerprint density at radius 3 is 2.78 bits per heavy atom. The predicted octanol–water partition coefficient (Wildman–Crippen LogP) is 2.42. The molecule has 0 saturated heterocycles. The first-order valence-electron chi connectivity index (χ1n) is 6.96. The van der Waals surface area contributed by atoms with Gasteiger partial charge < -0.3 is 15.2 Å². The number of hydrogen-bond acceptors (Lipinski definition) is 4. The highest BCUT2D eigenvalue weighted by Crippen LogP contribution is 2.40. The molecule has 0 unspecified atom stereocenters. The maximum Gasteiger partial charge on any atom is 0.140 e. The van der Waals surface area contributed by atoms with E-state index in [2.05, 4.69) is 42.6 Å². The fraction of sp³-hybridized carbons (Fsp3) is 0.786. The Bertz CT molecular complexity index is 363. The number of nitrogens with one attached hydrogen (secondary N) is 2. The molecule has 1 aromatic heterocycles. The highest BCUT2D eigenvalue weighted by Gasteiger charge is 2.27. The lowest BCUT2D eigenvalue weighted by atomic mass is 10.1. The standard InChI is InChI=1S/C14H25N3O/c1-14(2,3)16-8-4-7-15-10-12-9-13(18-17-12)11-5-6-11/h9,11,15-16H,4-8,10H2,1-3H3. The van der Waals surface area contributed by atoms with Crippen LogP contribution in [0.25, 0.3) is 0 Å². The van der Waals surface area contributed by atoms with Gasteiger partial charge in [-0.1, -0.05) is 5.16 Å². The Morgan fingerprint density at radius 2 is 2.11 bits per heavy atom. The summed E-state index contributed by atoms with van der Waals surface area (Å²) in [6.07, 6.45) is 3.66. The summed E-state index contributed by atoms with van der Waals surface area (Å²) in [6.45, 7) is 9.43. The van der Waals surface area contributed by atoms with Gasteiger partial charge in [0.2, 0.25) is 0 Å². The minimum absolute atomic E-state index is 0.214. The minimum Gasteiger partial charge on any atom is -0.361 e. The smallest absolute Gasteiger partial charge is 0.140 e. The van der Waals surface area contributed by atoms with Gasteiger partial charge in [-0.25, -0.2) is 0 Å². The van der Waals surface area contributed by atoms with Crippen molar-refractivity contribution in [2.75, 3.05) is 13.1 Å². The highest BCUT2D eigenvalue weighted by atomic mass is 16.5. The van der Waals surface area contributed by atoms with Gasteiger partial charge in [-0.2, -0.15) is 0 Å². The zero-order chi connectivity index (χ0) is 13.0. The summed E-state index contributed by atoms with van der Waals surface area (Å²) in [4.78, 5) is 0. The Kier molecular flexibility index (Phi) is 4.40. The number of rotatable bonds is 7. The molecule has 0 bridgehead atoms. The fourth-order valence-corrected chi connectivity index (χ4v) is 1.87. The first-order valence-corrected chi connectivity index (χ1v) is 6.96. The predicted molar refractivity (Wildman–Crippen MR) is 72.6 cm³/mol. The molecule has 1 aromatic rings. The van der Waals surface area contributed by atoms with Crippen LogP contribution in [0.1, 0.15) is 57.4 Å². The lowest BCUT2D eigenvalue weighted by Gasteiger charge is -2.20. The summed E-state index contributed by atoms with van der Waals surface area (Å²) >= 11 is 0. The molecule has 0 spiro atoms. The Balaban J connectivity index is 1.54. The average molecular weight is 251 g/mol. The molecule has 1 heterocycles. The van der Waals surface area contributed by atoms with Crippen molar-refractivity contribution in [1.82, 2.24) is 15.8 Å². The molecule has 0 aliphatic heterocycles. The van der Waals surface area contributed by atoms with Gasteiger partial charge in [0.25, 0.3) is 0 Å². The van der Waals surface area contributed by atoms with E-state index in [1.54, 1.807) is 0 Å². The van der Waals surface area contributed by atoms with E-state index < -0.39 is 0 Å². The van der Waals surface area contributed by atoms with Crippen molar-refractivity contribution in [2.24, 2.45) is 0 Å². The molecular weight excluding hydrogens is 226 g/mol. The van der Waals surface area contributed by atoms with Crippen LogP contribution in [0.3, 0.4) is 0 Å². The normalized spacial score (nSPS) is 16.2. The zero-order valence-corrected chi connectivity index (χ0v) is 11.8. The summed E-state index contributed by atoms with van der Waals surface area (Å²) in [5, 5.41) is 11.0. The van der Waals surface area contributed by atoms with Gasteiger partial charge in [-0.15, -0.1) is 0 Å². The van der Waals surface area contributed by atoms with E-state index in [0.29, 0.717) is 5.92 Å². The lowest BCUT2D eigenvalue weighted by Crippen LogP contribution is -2.37. The van der Waals surface area contributed by atoms with Crippen molar-refractivity contribution in [3.8, 4) is 0 Å². The molecule has 0 radical (unpaired) electrons. The van der Waals surface area contributed by atoms with Crippen LogP contribution in [0.5, 0.6) is 0 Å². The van der Waals surface area contributed by atoms with Crippen LogP contribution in [-0.2, 0) is 6.54 Å². The highest BCUT2D eigenvalue weighted by molar-refractivity contribution is 5.14. The SMILES string of the molecule is CC(C)(C)NCCCNCc1cc(C2CC2)on1. The molecule has 102 valence electrons. The summed E-state index contributed by atoms with van der Waals surface area (Å²) in [6, 6.07) is 2.10. The molecule has 4 heteroatoms. The van der Waals surface area contributed by atoms with E-state index in [1.807, 2.05) is 0 Å². The van der Waals surface area contributed by atoms with Crippen LogP contribution in [-0.4, -0.2) is 23.8 Å². The van der Waals surface area contributed by atoms with Gasteiger partial charge in [0.1, 0.15) is 5.76 Å². The van der Waals surface area contributed by atoms with Gasteiger partial charge in [-0.05, 0) is 53.1 Å². The minimum atomic E-state index is 0.214. The Morgan fingerprint density at radius 1 is 1.33 bits per heavy atom. The van der Waals surface area contributed by atoms with Crippen LogP contribution in [0, 0.1) is 0 Å². The van der Waals surface area contributed by atoms with Crippen LogP contribution < -0.4 is 10.6 Å². The van der Waals surface area contributed by atoms with Gasteiger partial charge >= 0.3 is 0 Å². The third-order valence-corrected chi connectivity index (χ3v) is 3.05. The Labute approximate surface area is 110 Å². The molecule has 1 aliphatic rings. The van der Waals surface area contributed by atoms with E-state index in [9.17, 15) is 0 Å². The largest absolute Gasteiger partial charge is 0.361 e. The fourth-order valence-electron chi connectivity index (χ4n) is 1.87. The van der Waals surface area contributed by atoms with Crippen molar-refractivity contribution >= 4 is 0 Å². The van der Waals surface area contributed by atoms with E-state index in [0.717, 1.165) is 37.5 Å². The molecule has 1 aliphatic carbocycles. The molecule has 2 rings (SSSR count). The summed E-state index contributed by atoms with van der Waals surface area (Å²) < 4.78 is 5.31. The van der Waals surface area contributed by atoms with Crippen molar-refractivity contribution < 1.29 is 4.52 Å². The first-order chi connectivity index (χ1) is 8.54. The van der Waals surface area contributed by atoms with Crippen LogP contribution in [0.4, 0.5) is 0 Å². The summed E-state index contributed by atoms with van der Waals surface area (Å²) in [5.41, 5.74) is 1.24. The molecular formula is C14H25N3O.